The van der Waals surface area contributed by atoms with Crippen molar-refractivity contribution in [3.8, 4) is 0 Å². The summed E-state index contributed by atoms with van der Waals surface area (Å²) in [5, 5.41) is 7.97. The van der Waals surface area contributed by atoms with Crippen molar-refractivity contribution in [3.05, 3.63) is 18.0 Å². The van der Waals surface area contributed by atoms with Gasteiger partial charge >= 0.3 is 0 Å². The van der Waals surface area contributed by atoms with E-state index in [-0.39, 0.29) is 5.91 Å². The Morgan fingerprint density at radius 1 is 1.56 bits per heavy atom. The number of carbonyl (C=O) groups excluding carboxylic acids is 1. The third-order valence-corrected chi connectivity index (χ3v) is 2.85. The number of methoxy groups -OCH3 is 1. The van der Waals surface area contributed by atoms with Crippen LogP contribution in [-0.4, -0.2) is 33.9 Å². The Bertz CT molecular complexity index is 591. The van der Waals surface area contributed by atoms with E-state index < -0.39 is 6.10 Å². The molecule has 0 saturated heterocycles. The molecule has 0 saturated carbocycles. The van der Waals surface area contributed by atoms with Crippen molar-refractivity contribution in [2.24, 2.45) is 7.05 Å². The van der Waals surface area contributed by atoms with E-state index in [2.05, 4.69) is 15.4 Å². The molecule has 0 spiro atoms. The zero-order valence-electron chi connectivity index (χ0n) is 10.9. The van der Waals surface area contributed by atoms with Crippen LogP contribution in [0.1, 0.15) is 12.6 Å². The Hall–Kier alpha value is -1.95. The molecule has 1 atom stereocenters. The van der Waals surface area contributed by atoms with Crippen molar-refractivity contribution in [1.82, 2.24) is 14.8 Å². The Labute approximate surface area is 105 Å². The van der Waals surface area contributed by atoms with Gasteiger partial charge in [0.2, 0.25) is 0 Å². The molecule has 2 heterocycles. The lowest BCUT2D eigenvalue weighted by Gasteiger charge is -2.10. The Balaban J connectivity index is 2.30. The van der Waals surface area contributed by atoms with Gasteiger partial charge < -0.3 is 10.1 Å². The summed E-state index contributed by atoms with van der Waals surface area (Å²) in [4.78, 5) is 16.0. The van der Waals surface area contributed by atoms with Crippen LogP contribution in [0.25, 0.3) is 11.0 Å². The first-order valence-corrected chi connectivity index (χ1v) is 5.66. The summed E-state index contributed by atoms with van der Waals surface area (Å²) >= 11 is 0. The van der Waals surface area contributed by atoms with Crippen LogP contribution in [0.4, 0.5) is 5.69 Å². The molecule has 2 aromatic rings. The molecule has 1 N–H and O–H groups in total. The van der Waals surface area contributed by atoms with Gasteiger partial charge in [-0.25, -0.2) is 4.98 Å². The van der Waals surface area contributed by atoms with Crippen LogP contribution in [0, 0.1) is 6.92 Å². The van der Waals surface area contributed by atoms with E-state index in [1.54, 1.807) is 17.8 Å². The van der Waals surface area contributed by atoms with Crippen LogP contribution in [-0.2, 0) is 16.6 Å². The maximum atomic E-state index is 11.7. The summed E-state index contributed by atoms with van der Waals surface area (Å²) in [5.41, 5.74) is 2.33. The van der Waals surface area contributed by atoms with E-state index in [4.69, 9.17) is 4.74 Å². The molecule has 2 rings (SSSR count). The van der Waals surface area contributed by atoms with Gasteiger partial charge in [0.25, 0.3) is 5.91 Å². The highest BCUT2D eigenvalue weighted by atomic mass is 16.5. The van der Waals surface area contributed by atoms with Crippen molar-refractivity contribution in [2.75, 3.05) is 12.4 Å². The van der Waals surface area contributed by atoms with Crippen LogP contribution >= 0.6 is 0 Å². The van der Waals surface area contributed by atoms with E-state index in [0.29, 0.717) is 5.69 Å². The predicted molar refractivity (Wildman–Crippen MR) is 68.3 cm³/mol. The number of hydrogen-bond donors (Lipinski definition) is 1. The summed E-state index contributed by atoms with van der Waals surface area (Å²) in [5.74, 6) is -0.194. The van der Waals surface area contributed by atoms with Gasteiger partial charge in [0.05, 0.1) is 17.6 Å². The zero-order chi connectivity index (χ0) is 13.3. The van der Waals surface area contributed by atoms with Gasteiger partial charge in [-0.1, -0.05) is 0 Å². The van der Waals surface area contributed by atoms with Crippen molar-refractivity contribution in [2.45, 2.75) is 20.0 Å². The second kappa shape index (κ2) is 4.73. The molecule has 0 fully saturated rings. The molecular weight excluding hydrogens is 232 g/mol. The Morgan fingerprint density at radius 2 is 2.28 bits per heavy atom. The molecule has 1 amide bonds. The van der Waals surface area contributed by atoms with Gasteiger partial charge in [-0.15, -0.1) is 0 Å². The number of ether oxygens (including phenoxy) is 1. The number of rotatable bonds is 3. The van der Waals surface area contributed by atoms with Crippen molar-refractivity contribution < 1.29 is 9.53 Å². The lowest BCUT2D eigenvalue weighted by atomic mass is 10.2. The number of aromatic nitrogens is 3. The van der Waals surface area contributed by atoms with Crippen LogP contribution in [0.5, 0.6) is 0 Å². The first kappa shape index (κ1) is 12.5. The van der Waals surface area contributed by atoms with E-state index in [1.165, 1.54) is 7.11 Å². The number of hydrogen-bond acceptors (Lipinski definition) is 4. The van der Waals surface area contributed by atoms with Crippen LogP contribution < -0.4 is 5.32 Å². The average molecular weight is 248 g/mol. The predicted octanol–water partition coefficient (Wildman–Crippen LogP) is 1.25. The van der Waals surface area contributed by atoms with Crippen LogP contribution in [0.15, 0.2) is 12.3 Å². The first-order valence-electron chi connectivity index (χ1n) is 5.66. The zero-order valence-corrected chi connectivity index (χ0v) is 10.9. The number of amides is 1. The van der Waals surface area contributed by atoms with Gasteiger partial charge in [0.15, 0.2) is 5.65 Å². The molecule has 2 aromatic heterocycles. The number of fused-ring (bicyclic) bond motifs is 1. The number of aryl methyl sites for hydroxylation is 2. The number of nitrogens with zero attached hydrogens (tertiary/aromatic N) is 3. The van der Waals surface area contributed by atoms with E-state index >= 15 is 0 Å². The summed E-state index contributed by atoms with van der Waals surface area (Å²) in [7, 11) is 3.34. The highest BCUT2D eigenvalue weighted by molar-refractivity contribution is 5.95. The standard InChI is InChI=1S/C12H16N4O2/c1-7-10-5-9(14-12(17)8(2)18-4)6-13-11(10)16(3)15-7/h5-6,8H,1-4H3,(H,14,17). The molecule has 18 heavy (non-hydrogen) atoms. The minimum absolute atomic E-state index is 0.194. The highest BCUT2D eigenvalue weighted by Crippen LogP contribution is 2.19. The molecule has 6 nitrogen and oxygen atoms in total. The summed E-state index contributed by atoms with van der Waals surface area (Å²) in [6, 6.07) is 1.87. The highest BCUT2D eigenvalue weighted by Gasteiger charge is 2.13. The SMILES string of the molecule is COC(C)C(=O)Nc1cnc2c(c1)c(C)nn2C. The van der Waals surface area contributed by atoms with Gasteiger partial charge in [0.1, 0.15) is 6.10 Å². The monoisotopic (exact) mass is 248 g/mol. The van der Waals surface area contributed by atoms with Crippen molar-refractivity contribution in [3.63, 3.8) is 0 Å². The van der Waals surface area contributed by atoms with Crippen molar-refractivity contribution in [1.29, 1.82) is 0 Å². The number of nitrogens with one attached hydrogen (secondary N) is 1. The van der Waals surface area contributed by atoms with E-state index in [0.717, 1.165) is 16.7 Å². The molecule has 0 bridgehead atoms. The van der Waals surface area contributed by atoms with E-state index in [1.807, 2.05) is 20.0 Å². The minimum atomic E-state index is -0.490. The molecule has 0 radical (unpaired) electrons. The van der Waals surface area contributed by atoms with Crippen LogP contribution in [0.3, 0.4) is 0 Å². The number of anilines is 1. The molecular formula is C12H16N4O2. The molecule has 6 heteroatoms. The lowest BCUT2D eigenvalue weighted by Crippen LogP contribution is -2.26. The molecule has 96 valence electrons. The summed E-state index contributed by atoms with van der Waals surface area (Å²) in [6.45, 7) is 3.60. The third kappa shape index (κ3) is 2.19. The average Bonchev–Trinajstić information content (AvgIpc) is 2.63. The van der Waals surface area contributed by atoms with Gasteiger partial charge in [-0.2, -0.15) is 5.10 Å². The smallest absolute Gasteiger partial charge is 0.253 e. The minimum Gasteiger partial charge on any atom is -0.372 e. The largest absolute Gasteiger partial charge is 0.372 e. The Morgan fingerprint density at radius 3 is 2.94 bits per heavy atom. The topological polar surface area (TPSA) is 69.0 Å². The molecule has 0 aromatic carbocycles. The fraction of sp³-hybridized carbons (Fsp3) is 0.417. The molecule has 0 aliphatic rings. The van der Waals surface area contributed by atoms with Crippen molar-refractivity contribution >= 4 is 22.6 Å². The quantitative estimate of drug-likeness (QED) is 0.887. The summed E-state index contributed by atoms with van der Waals surface area (Å²) < 4.78 is 6.67. The molecule has 0 aliphatic heterocycles. The normalized spacial score (nSPS) is 12.7. The van der Waals surface area contributed by atoms with E-state index in [9.17, 15) is 4.79 Å². The number of pyridine rings is 1. The maximum absolute atomic E-state index is 11.7. The molecule has 0 aliphatic carbocycles. The molecule has 1 unspecified atom stereocenters. The maximum Gasteiger partial charge on any atom is 0.253 e. The third-order valence-electron chi connectivity index (χ3n) is 2.85. The Kier molecular flexibility index (Phi) is 3.29. The van der Waals surface area contributed by atoms with Gasteiger partial charge in [-0.3, -0.25) is 9.48 Å². The lowest BCUT2D eigenvalue weighted by molar-refractivity contribution is -0.124. The summed E-state index contributed by atoms with van der Waals surface area (Å²) in [6.07, 6.45) is 1.12. The fourth-order valence-corrected chi connectivity index (χ4v) is 1.73. The number of carbonyl (C=O) groups is 1. The second-order valence-corrected chi connectivity index (χ2v) is 4.17. The van der Waals surface area contributed by atoms with Gasteiger partial charge in [0, 0.05) is 19.5 Å². The fourth-order valence-electron chi connectivity index (χ4n) is 1.73. The van der Waals surface area contributed by atoms with Gasteiger partial charge in [-0.05, 0) is 19.9 Å². The first-order chi connectivity index (χ1) is 8.52. The second-order valence-electron chi connectivity index (χ2n) is 4.17. The van der Waals surface area contributed by atoms with Crippen LogP contribution in [0.2, 0.25) is 0 Å².